The van der Waals surface area contributed by atoms with Gasteiger partial charge in [-0.15, -0.1) is 0 Å². The molecular formula is C19H29NO4. The number of piperidine rings is 1. The number of methoxy groups -OCH3 is 3. The van der Waals surface area contributed by atoms with Crippen LogP contribution in [0.2, 0.25) is 0 Å². The molecule has 1 heterocycles. The number of amides is 1. The van der Waals surface area contributed by atoms with Gasteiger partial charge in [-0.2, -0.15) is 0 Å². The van der Waals surface area contributed by atoms with Crippen LogP contribution < -0.4 is 14.2 Å². The van der Waals surface area contributed by atoms with Crippen molar-refractivity contribution < 1.29 is 19.0 Å². The van der Waals surface area contributed by atoms with Crippen molar-refractivity contribution in [3.05, 3.63) is 17.7 Å². The summed E-state index contributed by atoms with van der Waals surface area (Å²) < 4.78 is 16.1. The van der Waals surface area contributed by atoms with Gasteiger partial charge in [0.2, 0.25) is 11.7 Å². The number of nitrogens with zero attached hydrogens (tertiary/aromatic N) is 1. The largest absolute Gasteiger partial charge is 0.493 e. The van der Waals surface area contributed by atoms with Crippen molar-refractivity contribution in [2.45, 2.75) is 45.6 Å². The minimum Gasteiger partial charge on any atom is -0.493 e. The predicted molar refractivity (Wildman–Crippen MR) is 94.0 cm³/mol. The van der Waals surface area contributed by atoms with E-state index in [1.165, 1.54) is 6.42 Å². The maximum Gasteiger partial charge on any atom is 0.227 e. The average molecular weight is 335 g/mol. The normalized spacial score (nSPS) is 17.8. The van der Waals surface area contributed by atoms with E-state index in [9.17, 15) is 4.79 Å². The molecule has 1 atom stereocenters. The Hall–Kier alpha value is -1.91. The van der Waals surface area contributed by atoms with Gasteiger partial charge in [-0.1, -0.05) is 13.8 Å². The number of hydrogen-bond donors (Lipinski definition) is 0. The number of likely N-dealkylation sites (tertiary alicyclic amines) is 1. The second-order valence-corrected chi connectivity index (χ2v) is 6.60. The summed E-state index contributed by atoms with van der Waals surface area (Å²) in [5.74, 6) is 2.36. The van der Waals surface area contributed by atoms with E-state index in [1.807, 2.05) is 12.1 Å². The highest BCUT2D eigenvalue weighted by atomic mass is 16.5. The van der Waals surface area contributed by atoms with E-state index in [4.69, 9.17) is 14.2 Å². The van der Waals surface area contributed by atoms with E-state index in [-0.39, 0.29) is 5.91 Å². The summed E-state index contributed by atoms with van der Waals surface area (Å²) in [4.78, 5) is 14.9. The topological polar surface area (TPSA) is 48.0 Å². The first-order valence-electron chi connectivity index (χ1n) is 8.60. The summed E-state index contributed by atoms with van der Waals surface area (Å²) in [5, 5.41) is 0. The van der Waals surface area contributed by atoms with Crippen LogP contribution in [-0.2, 0) is 11.2 Å². The average Bonchev–Trinajstić information content (AvgIpc) is 2.60. The van der Waals surface area contributed by atoms with Gasteiger partial charge in [0.15, 0.2) is 11.5 Å². The first kappa shape index (κ1) is 18.4. The van der Waals surface area contributed by atoms with Crippen LogP contribution in [-0.4, -0.2) is 44.7 Å². The maximum absolute atomic E-state index is 12.8. The van der Waals surface area contributed by atoms with Gasteiger partial charge in [0, 0.05) is 12.6 Å². The lowest BCUT2D eigenvalue weighted by Gasteiger charge is -2.38. The molecular weight excluding hydrogens is 306 g/mol. The Balaban J connectivity index is 2.21. The van der Waals surface area contributed by atoms with E-state index in [0.717, 1.165) is 24.9 Å². The molecule has 1 aliphatic heterocycles. The van der Waals surface area contributed by atoms with Gasteiger partial charge in [-0.25, -0.2) is 0 Å². The fourth-order valence-corrected chi connectivity index (χ4v) is 3.47. The highest BCUT2D eigenvalue weighted by Gasteiger charge is 2.29. The third-order valence-electron chi connectivity index (χ3n) is 4.72. The standard InChI is InChI=1S/C19H29NO4/c1-13(2)15-8-6-7-9-20(15)18(21)12-14-10-16(22-3)19(24-5)17(11-14)23-4/h10-11,13,15H,6-9,12H2,1-5H3/t15-/m0/s1. The molecule has 0 saturated carbocycles. The van der Waals surface area contributed by atoms with Gasteiger partial charge in [0.05, 0.1) is 27.8 Å². The molecule has 24 heavy (non-hydrogen) atoms. The highest BCUT2D eigenvalue weighted by molar-refractivity contribution is 5.80. The van der Waals surface area contributed by atoms with Crippen molar-refractivity contribution in [2.24, 2.45) is 5.92 Å². The Morgan fingerprint density at radius 1 is 1.12 bits per heavy atom. The number of carbonyl (C=O) groups is 1. The molecule has 0 aliphatic carbocycles. The molecule has 1 saturated heterocycles. The zero-order chi connectivity index (χ0) is 17.7. The van der Waals surface area contributed by atoms with Gasteiger partial charge in [-0.3, -0.25) is 4.79 Å². The van der Waals surface area contributed by atoms with E-state index in [2.05, 4.69) is 18.7 Å². The highest BCUT2D eigenvalue weighted by Crippen LogP contribution is 2.38. The molecule has 5 nitrogen and oxygen atoms in total. The van der Waals surface area contributed by atoms with Crippen molar-refractivity contribution >= 4 is 5.91 Å². The molecule has 0 bridgehead atoms. The van der Waals surface area contributed by atoms with E-state index < -0.39 is 0 Å². The third kappa shape index (κ3) is 3.94. The molecule has 134 valence electrons. The number of rotatable bonds is 6. The van der Waals surface area contributed by atoms with Crippen LogP contribution in [0, 0.1) is 5.92 Å². The van der Waals surface area contributed by atoms with Gasteiger partial charge < -0.3 is 19.1 Å². The Morgan fingerprint density at radius 3 is 2.25 bits per heavy atom. The van der Waals surface area contributed by atoms with Crippen LogP contribution in [0.25, 0.3) is 0 Å². The van der Waals surface area contributed by atoms with Crippen LogP contribution in [0.4, 0.5) is 0 Å². The molecule has 0 unspecified atom stereocenters. The zero-order valence-electron chi connectivity index (χ0n) is 15.4. The van der Waals surface area contributed by atoms with Crippen molar-refractivity contribution in [2.75, 3.05) is 27.9 Å². The van der Waals surface area contributed by atoms with Crippen molar-refractivity contribution in [1.82, 2.24) is 4.90 Å². The molecule has 0 radical (unpaired) electrons. The molecule has 0 spiro atoms. The molecule has 2 rings (SSSR count). The first-order valence-corrected chi connectivity index (χ1v) is 8.60. The van der Waals surface area contributed by atoms with Gasteiger partial charge in [0.25, 0.3) is 0 Å². The zero-order valence-corrected chi connectivity index (χ0v) is 15.4. The molecule has 1 amide bonds. The molecule has 0 aromatic heterocycles. The van der Waals surface area contributed by atoms with Crippen LogP contribution in [0.5, 0.6) is 17.2 Å². The third-order valence-corrected chi connectivity index (χ3v) is 4.72. The summed E-state index contributed by atoms with van der Waals surface area (Å²) in [5.41, 5.74) is 0.877. The van der Waals surface area contributed by atoms with Gasteiger partial charge in [-0.05, 0) is 42.9 Å². The first-order chi connectivity index (χ1) is 11.5. The predicted octanol–water partition coefficient (Wildman–Crippen LogP) is 3.29. The van der Waals surface area contributed by atoms with Crippen LogP contribution >= 0.6 is 0 Å². The van der Waals surface area contributed by atoms with E-state index in [0.29, 0.717) is 35.6 Å². The Morgan fingerprint density at radius 2 is 1.75 bits per heavy atom. The minimum absolute atomic E-state index is 0.169. The van der Waals surface area contributed by atoms with E-state index in [1.54, 1.807) is 21.3 Å². The lowest BCUT2D eigenvalue weighted by atomic mass is 9.92. The number of hydrogen-bond acceptors (Lipinski definition) is 4. The van der Waals surface area contributed by atoms with E-state index >= 15 is 0 Å². The second-order valence-electron chi connectivity index (χ2n) is 6.60. The summed E-state index contributed by atoms with van der Waals surface area (Å²) >= 11 is 0. The second kappa shape index (κ2) is 8.27. The molecule has 1 aliphatic rings. The Kier molecular flexibility index (Phi) is 6.35. The van der Waals surface area contributed by atoms with Crippen molar-refractivity contribution in [3.8, 4) is 17.2 Å². The summed E-state index contributed by atoms with van der Waals surface area (Å²) in [6.45, 7) is 5.23. The van der Waals surface area contributed by atoms with Gasteiger partial charge >= 0.3 is 0 Å². The summed E-state index contributed by atoms with van der Waals surface area (Å²) in [7, 11) is 4.75. The number of carbonyl (C=O) groups excluding carboxylic acids is 1. The SMILES string of the molecule is COc1cc(CC(=O)N2CCCC[C@H]2C(C)C)cc(OC)c1OC. The van der Waals surface area contributed by atoms with Crippen molar-refractivity contribution in [1.29, 1.82) is 0 Å². The van der Waals surface area contributed by atoms with Gasteiger partial charge in [0.1, 0.15) is 0 Å². The van der Waals surface area contributed by atoms with Crippen LogP contribution in [0.1, 0.15) is 38.7 Å². The fourth-order valence-electron chi connectivity index (χ4n) is 3.47. The maximum atomic E-state index is 12.8. The van der Waals surface area contributed by atoms with Crippen LogP contribution in [0.3, 0.4) is 0 Å². The molecule has 0 N–H and O–H groups in total. The monoisotopic (exact) mass is 335 g/mol. The molecule has 1 fully saturated rings. The minimum atomic E-state index is 0.169. The molecule has 5 heteroatoms. The summed E-state index contributed by atoms with van der Waals surface area (Å²) in [6.07, 6.45) is 3.74. The lowest BCUT2D eigenvalue weighted by molar-refractivity contribution is -0.135. The quantitative estimate of drug-likeness (QED) is 0.800. The molecule has 1 aromatic carbocycles. The smallest absolute Gasteiger partial charge is 0.227 e. The Bertz CT molecular complexity index is 545. The van der Waals surface area contributed by atoms with Crippen LogP contribution in [0.15, 0.2) is 12.1 Å². The number of benzene rings is 1. The molecule has 1 aromatic rings. The Labute approximate surface area is 144 Å². The summed E-state index contributed by atoms with van der Waals surface area (Å²) in [6, 6.07) is 4.05. The van der Waals surface area contributed by atoms with Crippen molar-refractivity contribution in [3.63, 3.8) is 0 Å². The lowest BCUT2D eigenvalue weighted by Crippen LogP contribution is -2.47. The number of ether oxygens (including phenoxy) is 3. The fraction of sp³-hybridized carbons (Fsp3) is 0.632.